The highest BCUT2D eigenvalue weighted by atomic mass is 16.3. The summed E-state index contributed by atoms with van der Waals surface area (Å²) < 4.78 is 0. The van der Waals surface area contributed by atoms with Gasteiger partial charge in [0.25, 0.3) is 0 Å². The van der Waals surface area contributed by atoms with Crippen LogP contribution < -0.4 is 0 Å². The molecule has 1 amide bonds. The van der Waals surface area contributed by atoms with Crippen LogP contribution in [-0.4, -0.2) is 59.1 Å². The Hall–Kier alpha value is -0.610. The lowest BCUT2D eigenvalue weighted by Gasteiger charge is -2.38. The van der Waals surface area contributed by atoms with Crippen molar-refractivity contribution >= 4 is 5.91 Å². The molecule has 0 bridgehead atoms. The number of hydrogen-bond donors (Lipinski definition) is 1. The Morgan fingerprint density at radius 2 is 1.79 bits per heavy atom. The van der Waals surface area contributed by atoms with E-state index in [9.17, 15) is 9.90 Å². The second-order valence-electron chi connectivity index (χ2n) is 5.49. The van der Waals surface area contributed by atoms with Gasteiger partial charge >= 0.3 is 0 Å². The monoisotopic (exact) mass is 270 g/mol. The number of nitrogens with zero attached hydrogens (tertiary/aromatic N) is 2. The van der Waals surface area contributed by atoms with E-state index in [2.05, 4.69) is 18.7 Å². The van der Waals surface area contributed by atoms with Gasteiger partial charge < -0.3 is 10.0 Å². The molecular formula is C15H30N2O2. The van der Waals surface area contributed by atoms with Crippen molar-refractivity contribution in [3.8, 4) is 0 Å². The predicted molar refractivity (Wildman–Crippen MR) is 78.1 cm³/mol. The van der Waals surface area contributed by atoms with Crippen LogP contribution >= 0.6 is 0 Å². The standard InChI is InChI=1S/C15H30N2O2/c1-4-14(5-2)17(11-12-18)13(3)15(19)16-9-7-6-8-10-16/h13-14,18H,4-12H2,1-3H3. The molecule has 0 aromatic heterocycles. The van der Waals surface area contributed by atoms with E-state index in [1.807, 2.05) is 11.8 Å². The van der Waals surface area contributed by atoms with Gasteiger partial charge in [-0.1, -0.05) is 13.8 Å². The molecule has 0 aromatic rings. The largest absolute Gasteiger partial charge is 0.395 e. The van der Waals surface area contributed by atoms with Crippen LogP contribution in [0.3, 0.4) is 0 Å². The summed E-state index contributed by atoms with van der Waals surface area (Å²) in [6, 6.07) is 0.269. The number of rotatable bonds is 7. The van der Waals surface area contributed by atoms with Gasteiger partial charge in [-0.25, -0.2) is 0 Å². The van der Waals surface area contributed by atoms with Crippen LogP contribution in [-0.2, 0) is 4.79 Å². The van der Waals surface area contributed by atoms with Crippen molar-refractivity contribution in [1.82, 2.24) is 9.80 Å². The van der Waals surface area contributed by atoms with E-state index in [4.69, 9.17) is 0 Å². The zero-order valence-electron chi connectivity index (χ0n) is 12.8. The summed E-state index contributed by atoms with van der Waals surface area (Å²) in [5.74, 6) is 0.236. The summed E-state index contributed by atoms with van der Waals surface area (Å²) in [4.78, 5) is 16.7. The molecule has 0 aromatic carbocycles. The van der Waals surface area contributed by atoms with Gasteiger partial charge in [-0.15, -0.1) is 0 Å². The fourth-order valence-corrected chi connectivity index (χ4v) is 3.09. The number of carbonyl (C=O) groups excluding carboxylic acids is 1. The molecule has 4 heteroatoms. The van der Waals surface area contributed by atoms with Crippen molar-refractivity contribution in [2.45, 2.75) is 65.0 Å². The van der Waals surface area contributed by atoms with E-state index in [1.165, 1.54) is 6.42 Å². The maximum atomic E-state index is 12.6. The minimum atomic E-state index is -0.116. The molecule has 0 spiro atoms. The van der Waals surface area contributed by atoms with Gasteiger partial charge in [0.2, 0.25) is 5.91 Å². The average Bonchev–Trinajstić information content (AvgIpc) is 2.47. The summed E-state index contributed by atoms with van der Waals surface area (Å²) >= 11 is 0. The third kappa shape index (κ3) is 4.46. The third-order valence-electron chi connectivity index (χ3n) is 4.29. The fraction of sp³-hybridized carbons (Fsp3) is 0.933. The van der Waals surface area contributed by atoms with Crippen molar-refractivity contribution in [2.24, 2.45) is 0 Å². The lowest BCUT2D eigenvalue weighted by molar-refractivity contribution is -0.138. The summed E-state index contributed by atoms with van der Waals surface area (Å²) in [6.45, 7) is 8.80. The SMILES string of the molecule is CCC(CC)N(CCO)C(C)C(=O)N1CCCCC1. The van der Waals surface area contributed by atoms with Gasteiger partial charge in [0.05, 0.1) is 12.6 Å². The molecule has 1 saturated heterocycles. The van der Waals surface area contributed by atoms with E-state index in [0.29, 0.717) is 12.6 Å². The molecule has 1 unspecified atom stereocenters. The molecule has 0 aliphatic carbocycles. The van der Waals surface area contributed by atoms with Gasteiger partial charge in [0.1, 0.15) is 0 Å². The van der Waals surface area contributed by atoms with Crippen molar-refractivity contribution < 1.29 is 9.90 Å². The maximum absolute atomic E-state index is 12.6. The van der Waals surface area contributed by atoms with Crippen LogP contribution in [0.5, 0.6) is 0 Å². The molecule has 1 atom stereocenters. The van der Waals surface area contributed by atoms with E-state index in [0.717, 1.165) is 38.8 Å². The minimum Gasteiger partial charge on any atom is -0.395 e. The topological polar surface area (TPSA) is 43.8 Å². The zero-order valence-corrected chi connectivity index (χ0v) is 12.8. The first-order valence-corrected chi connectivity index (χ1v) is 7.81. The summed E-state index contributed by atoms with van der Waals surface area (Å²) in [7, 11) is 0. The predicted octanol–water partition coefficient (Wildman–Crippen LogP) is 1.87. The zero-order chi connectivity index (χ0) is 14.3. The number of aliphatic hydroxyl groups excluding tert-OH is 1. The van der Waals surface area contributed by atoms with Crippen molar-refractivity contribution in [1.29, 1.82) is 0 Å². The normalized spacial score (nSPS) is 18.1. The molecule has 1 N–H and O–H groups in total. The van der Waals surface area contributed by atoms with Crippen molar-refractivity contribution in [2.75, 3.05) is 26.2 Å². The Kier molecular flexibility index (Phi) is 7.39. The van der Waals surface area contributed by atoms with Crippen LogP contribution in [0, 0.1) is 0 Å². The number of piperidine rings is 1. The third-order valence-corrected chi connectivity index (χ3v) is 4.29. The lowest BCUT2D eigenvalue weighted by atomic mass is 10.1. The molecule has 1 heterocycles. The smallest absolute Gasteiger partial charge is 0.239 e. The molecule has 1 aliphatic rings. The Labute approximate surface area is 117 Å². The first kappa shape index (κ1) is 16.4. The van der Waals surface area contributed by atoms with Crippen molar-refractivity contribution in [3.05, 3.63) is 0 Å². The number of likely N-dealkylation sites (tertiary alicyclic amines) is 1. The van der Waals surface area contributed by atoms with Crippen LogP contribution in [0.2, 0.25) is 0 Å². The molecule has 1 fully saturated rings. The van der Waals surface area contributed by atoms with Gasteiger partial charge in [-0.2, -0.15) is 0 Å². The van der Waals surface area contributed by atoms with Crippen LogP contribution in [0.15, 0.2) is 0 Å². The lowest BCUT2D eigenvalue weighted by Crippen LogP contribution is -2.52. The first-order chi connectivity index (χ1) is 9.15. The number of aliphatic hydroxyl groups is 1. The molecular weight excluding hydrogens is 240 g/mol. The minimum absolute atomic E-state index is 0.116. The van der Waals surface area contributed by atoms with E-state index in [-0.39, 0.29) is 18.6 Å². The Bertz CT molecular complexity index is 261. The van der Waals surface area contributed by atoms with Gasteiger partial charge in [0, 0.05) is 25.7 Å². The fourth-order valence-electron chi connectivity index (χ4n) is 3.09. The first-order valence-electron chi connectivity index (χ1n) is 7.81. The molecule has 112 valence electrons. The van der Waals surface area contributed by atoms with Crippen molar-refractivity contribution in [3.63, 3.8) is 0 Å². The molecule has 19 heavy (non-hydrogen) atoms. The molecule has 0 saturated carbocycles. The van der Waals surface area contributed by atoms with E-state index < -0.39 is 0 Å². The van der Waals surface area contributed by atoms with E-state index in [1.54, 1.807) is 0 Å². The second-order valence-corrected chi connectivity index (χ2v) is 5.49. The van der Waals surface area contributed by atoms with Crippen LogP contribution in [0.25, 0.3) is 0 Å². The Morgan fingerprint density at radius 3 is 2.26 bits per heavy atom. The number of amides is 1. The highest BCUT2D eigenvalue weighted by Gasteiger charge is 2.29. The Balaban J connectivity index is 2.68. The summed E-state index contributed by atoms with van der Waals surface area (Å²) in [5, 5.41) is 9.25. The highest BCUT2D eigenvalue weighted by molar-refractivity contribution is 5.81. The molecule has 0 radical (unpaired) electrons. The van der Waals surface area contributed by atoms with Gasteiger partial charge in [-0.3, -0.25) is 9.69 Å². The summed E-state index contributed by atoms with van der Waals surface area (Å²) in [5.41, 5.74) is 0. The molecule has 1 rings (SSSR count). The van der Waals surface area contributed by atoms with Gasteiger partial charge in [-0.05, 0) is 39.0 Å². The van der Waals surface area contributed by atoms with Gasteiger partial charge in [0.15, 0.2) is 0 Å². The average molecular weight is 270 g/mol. The quantitative estimate of drug-likeness (QED) is 0.768. The van der Waals surface area contributed by atoms with Crippen LogP contribution in [0.4, 0.5) is 0 Å². The van der Waals surface area contributed by atoms with Crippen LogP contribution in [0.1, 0.15) is 52.9 Å². The number of carbonyl (C=O) groups is 1. The van der Waals surface area contributed by atoms with E-state index >= 15 is 0 Å². The highest BCUT2D eigenvalue weighted by Crippen LogP contribution is 2.17. The molecule has 4 nitrogen and oxygen atoms in total. The summed E-state index contributed by atoms with van der Waals surface area (Å²) in [6.07, 6.45) is 5.54. The Morgan fingerprint density at radius 1 is 1.21 bits per heavy atom. The second kappa shape index (κ2) is 8.54. The maximum Gasteiger partial charge on any atom is 0.239 e. The number of hydrogen-bond acceptors (Lipinski definition) is 3. The molecule has 1 aliphatic heterocycles.